The Kier molecular flexibility index (Phi) is 22.8. The summed E-state index contributed by atoms with van der Waals surface area (Å²) in [5.41, 5.74) is 0.704. The number of hydrogen-bond donors (Lipinski definition) is 6. The molecule has 14 nitrogen and oxygen atoms in total. The quantitative estimate of drug-likeness (QED) is 0.0316. The molecule has 4 saturated carbocycles. The van der Waals surface area contributed by atoms with Gasteiger partial charge in [-0.15, -0.1) is 0 Å². The van der Waals surface area contributed by atoms with E-state index >= 15 is 0 Å². The van der Waals surface area contributed by atoms with E-state index in [1.165, 1.54) is 38.5 Å². The third-order valence-corrected chi connectivity index (χ3v) is 13.8. The molecule has 0 radical (unpaired) electrons. The molecule has 0 saturated heterocycles. The number of unbranched alkanes of at least 4 members (excludes halogenated alkanes) is 6. The highest BCUT2D eigenvalue weighted by atomic mass is 16.5. The minimum Gasteiger partial charge on any atom is -0.458 e. The molecule has 4 bridgehead atoms. The van der Waals surface area contributed by atoms with Crippen LogP contribution in [0.4, 0.5) is 0 Å². The summed E-state index contributed by atoms with van der Waals surface area (Å²) < 4.78 is 5.10. The summed E-state index contributed by atoms with van der Waals surface area (Å²) in [7, 11) is 0. The number of rotatable bonds is 32. The third-order valence-electron chi connectivity index (χ3n) is 13.8. The van der Waals surface area contributed by atoms with Crippen molar-refractivity contribution in [2.24, 2.45) is 40.9 Å². The lowest BCUT2D eigenvalue weighted by molar-refractivity contribution is -0.136. The Hall–Kier alpha value is -3.97. The number of cyclic esters (lactones) is 1. The van der Waals surface area contributed by atoms with Gasteiger partial charge in [0.15, 0.2) is 0 Å². The number of ether oxygens (including phenoxy) is 1. The van der Waals surface area contributed by atoms with Crippen LogP contribution < -0.4 is 31.9 Å². The summed E-state index contributed by atoms with van der Waals surface area (Å²) in [5, 5.41) is 17.9. The van der Waals surface area contributed by atoms with E-state index in [1.54, 1.807) is 6.08 Å². The average molecular weight is 911 g/mol. The second-order valence-electron chi connectivity index (χ2n) is 21.5. The van der Waals surface area contributed by atoms with Gasteiger partial charge in [0, 0.05) is 45.3 Å². The summed E-state index contributed by atoms with van der Waals surface area (Å²) in [6.07, 6.45) is 20.0. The average Bonchev–Trinajstić information content (AvgIpc) is 3.65. The van der Waals surface area contributed by atoms with Gasteiger partial charge in [0.05, 0.1) is 11.6 Å². The molecule has 4 aliphatic carbocycles. The molecule has 0 aromatic rings. The predicted octanol–water partition coefficient (Wildman–Crippen LogP) is 6.70. The van der Waals surface area contributed by atoms with Crippen LogP contribution in [0.2, 0.25) is 0 Å². The van der Waals surface area contributed by atoms with Gasteiger partial charge in [-0.3, -0.25) is 28.8 Å². The summed E-state index contributed by atoms with van der Waals surface area (Å²) in [4.78, 5) is 89.9. The first kappa shape index (κ1) is 53.6. The molecule has 0 unspecified atom stereocenters. The second kappa shape index (κ2) is 27.6. The van der Waals surface area contributed by atoms with Gasteiger partial charge in [-0.25, -0.2) is 4.79 Å². The Bertz CT molecular complexity index is 1570. The lowest BCUT2D eigenvalue weighted by Gasteiger charge is -2.56. The number of carbonyl (C=O) groups excluding carboxylic acids is 7. The van der Waals surface area contributed by atoms with Gasteiger partial charge in [0.25, 0.3) is 0 Å². The first-order valence-corrected chi connectivity index (χ1v) is 25.6. The van der Waals surface area contributed by atoms with Crippen LogP contribution in [0.1, 0.15) is 183 Å². The van der Waals surface area contributed by atoms with Crippen molar-refractivity contribution < 1.29 is 38.3 Å². The molecule has 1 aliphatic heterocycles. The molecular formula is C51H86N6O8. The van der Waals surface area contributed by atoms with E-state index in [1.807, 2.05) is 41.5 Å². The van der Waals surface area contributed by atoms with Crippen molar-refractivity contribution in [2.45, 2.75) is 201 Å². The standard InChI is InChI=1S/C51H86N6O8/c1-34(2)24-41(40-19-23-65-50(40)64)56-49(63)43(26-36(5)6)57-48(62)42(25-35(3)4)55-46(60)18-12-9-14-21-53-44(58)16-10-7-13-20-52-45(59)17-11-8-15-22-54-47(61)33-51-30-37-27-38(31-51)29-39(28-37)32-51/h19,34-39,41-43H,7-18,20-33H2,1-6H3,(H,52,59)(H,53,58)(H,54,61)(H,55,60)(H,56,63)(H,57,62)/t37?,38?,39?,41-,42-,43-,51?/m0/s1. The van der Waals surface area contributed by atoms with E-state index in [0.29, 0.717) is 70.2 Å². The molecular weight excluding hydrogens is 825 g/mol. The minimum atomic E-state index is -0.843. The minimum absolute atomic E-state index is 0.00344. The molecule has 6 N–H and O–H groups in total. The fraction of sp³-hybridized carbons (Fsp3) is 0.824. The van der Waals surface area contributed by atoms with Crippen molar-refractivity contribution >= 4 is 41.4 Å². The topological polar surface area (TPSA) is 201 Å². The molecule has 6 amide bonds. The zero-order valence-corrected chi connectivity index (χ0v) is 40.9. The number of hydrogen-bond acceptors (Lipinski definition) is 8. The highest BCUT2D eigenvalue weighted by Crippen LogP contribution is 2.61. The van der Waals surface area contributed by atoms with E-state index in [2.05, 4.69) is 31.9 Å². The Morgan fingerprint density at radius 2 is 0.985 bits per heavy atom. The van der Waals surface area contributed by atoms with E-state index < -0.39 is 30.0 Å². The van der Waals surface area contributed by atoms with E-state index in [4.69, 9.17) is 4.74 Å². The van der Waals surface area contributed by atoms with Crippen LogP contribution in [0.5, 0.6) is 0 Å². The molecule has 1 heterocycles. The largest absolute Gasteiger partial charge is 0.458 e. The molecule has 0 aromatic carbocycles. The predicted molar refractivity (Wildman–Crippen MR) is 253 cm³/mol. The molecule has 14 heteroatoms. The summed E-state index contributed by atoms with van der Waals surface area (Å²) in [6, 6.07) is -2.17. The number of esters is 1. The number of nitrogens with one attached hydrogen (secondary N) is 6. The summed E-state index contributed by atoms with van der Waals surface area (Å²) in [5.74, 6) is 1.79. The van der Waals surface area contributed by atoms with Gasteiger partial charge in [0.2, 0.25) is 35.4 Å². The maximum atomic E-state index is 13.6. The molecule has 0 aromatic heterocycles. The molecule has 3 atom stereocenters. The van der Waals surface area contributed by atoms with Crippen LogP contribution in [0.3, 0.4) is 0 Å². The van der Waals surface area contributed by atoms with E-state index in [9.17, 15) is 33.6 Å². The molecule has 4 fully saturated rings. The Morgan fingerprint density at radius 3 is 1.43 bits per heavy atom. The SMILES string of the molecule is CC(C)C[C@H](NC(=O)CCCCCNC(=O)CCCCCNC(=O)CCCCCNC(=O)CC12CC3CC(CC(C3)C1)C2)C(=O)N[C@@H](CC(C)C)C(=O)N[C@@H](CC(C)C)C1=CCOC1=O. The fourth-order valence-corrected chi connectivity index (χ4v) is 11.1. The van der Waals surface area contributed by atoms with E-state index in [0.717, 1.165) is 69.1 Å². The number of amides is 6. The van der Waals surface area contributed by atoms with Crippen LogP contribution in [0.15, 0.2) is 11.6 Å². The maximum Gasteiger partial charge on any atom is 0.336 e. The van der Waals surface area contributed by atoms with Crippen LogP contribution in [0.25, 0.3) is 0 Å². The third kappa shape index (κ3) is 19.8. The maximum absolute atomic E-state index is 13.6. The van der Waals surface area contributed by atoms with Gasteiger partial charge in [-0.1, -0.05) is 60.8 Å². The molecule has 5 rings (SSSR count). The van der Waals surface area contributed by atoms with Gasteiger partial charge in [0.1, 0.15) is 18.7 Å². The molecule has 0 spiro atoms. The van der Waals surface area contributed by atoms with Crippen molar-refractivity contribution in [3.8, 4) is 0 Å². The van der Waals surface area contributed by atoms with Crippen LogP contribution in [-0.2, 0) is 38.3 Å². The number of carbonyl (C=O) groups is 7. The van der Waals surface area contributed by atoms with Gasteiger partial charge < -0.3 is 36.6 Å². The zero-order valence-electron chi connectivity index (χ0n) is 40.9. The monoisotopic (exact) mass is 911 g/mol. The normalized spacial score (nSPS) is 22.3. The Balaban J connectivity index is 0.993. The smallest absolute Gasteiger partial charge is 0.336 e. The Morgan fingerprint density at radius 1 is 0.554 bits per heavy atom. The summed E-state index contributed by atoms with van der Waals surface area (Å²) in [6.45, 7) is 13.9. The Labute approximate surface area is 390 Å². The highest BCUT2D eigenvalue weighted by Gasteiger charge is 2.51. The second-order valence-corrected chi connectivity index (χ2v) is 21.5. The van der Waals surface area contributed by atoms with Gasteiger partial charge >= 0.3 is 5.97 Å². The van der Waals surface area contributed by atoms with Crippen LogP contribution in [-0.4, -0.2) is 85.8 Å². The highest BCUT2D eigenvalue weighted by molar-refractivity contribution is 5.95. The van der Waals surface area contributed by atoms with Crippen LogP contribution >= 0.6 is 0 Å². The first-order valence-electron chi connectivity index (χ1n) is 25.6. The van der Waals surface area contributed by atoms with Crippen molar-refractivity contribution in [1.82, 2.24) is 31.9 Å². The van der Waals surface area contributed by atoms with Gasteiger partial charge in [-0.05, 0) is 143 Å². The van der Waals surface area contributed by atoms with Crippen molar-refractivity contribution in [2.75, 3.05) is 26.2 Å². The lowest BCUT2D eigenvalue weighted by Crippen LogP contribution is -2.55. The van der Waals surface area contributed by atoms with Crippen molar-refractivity contribution in [1.29, 1.82) is 0 Å². The lowest BCUT2D eigenvalue weighted by atomic mass is 9.49. The zero-order chi connectivity index (χ0) is 47.4. The van der Waals surface area contributed by atoms with Crippen molar-refractivity contribution in [3.63, 3.8) is 0 Å². The van der Waals surface area contributed by atoms with Crippen LogP contribution in [0, 0.1) is 40.9 Å². The molecule has 65 heavy (non-hydrogen) atoms. The fourth-order valence-electron chi connectivity index (χ4n) is 11.1. The van der Waals surface area contributed by atoms with Crippen molar-refractivity contribution in [3.05, 3.63) is 11.6 Å². The van der Waals surface area contributed by atoms with Gasteiger partial charge in [-0.2, -0.15) is 0 Å². The first-order chi connectivity index (χ1) is 31.0. The summed E-state index contributed by atoms with van der Waals surface area (Å²) >= 11 is 0. The van der Waals surface area contributed by atoms with E-state index in [-0.39, 0.29) is 65.7 Å². The molecule has 368 valence electrons. The molecule has 5 aliphatic rings.